The summed E-state index contributed by atoms with van der Waals surface area (Å²) >= 11 is 3.19. The van der Waals surface area contributed by atoms with Gasteiger partial charge in [0.15, 0.2) is 0 Å². The zero-order valence-corrected chi connectivity index (χ0v) is 11.9. The van der Waals surface area contributed by atoms with Gasteiger partial charge in [-0.25, -0.2) is 8.42 Å². The summed E-state index contributed by atoms with van der Waals surface area (Å²) in [7, 11) is -3.83. The number of rotatable bonds is 6. The Morgan fingerprint density at radius 3 is 2.67 bits per heavy atom. The molecule has 0 atom stereocenters. The molecule has 0 spiro atoms. The lowest BCUT2D eigenvalue weighted by Crippen LogP contribution is -2.29. The van der Waals surface area contributed by atoms with Gasteiger partial charge in [0.05, 0.1) is 16.0 Å². The molecule has 0 aromatic heterocycles. The summed E-state index contributed by atoms with van der Waals surface area (Å²) in [5, 5.41) is 8.44. The molecule has 100 valence electrons. The van der Waals surface area contributed by atoms with Crippen molar-refractivity contribution in [2.45, 2.75) is 11.8 Å². The zero-order chi connectivity index (χ0) is 13.8. The van der Waals surface area contributed by atoms with Crippen molar-refractivity contribution in [1.29, 1.82) is 0 Å². The van der Waals surface area contributed by atoms with Crippen LogP contribution in [0.25, 0.3) is 0 Å². The Labute approximate surface area is 113 Å². The first-order valence-corrected chi connectivity index (χ1v) is 7.28. The molecule has 1 aromatic rings. The van der Waals surface area contributed by atoms with E-state index in [1.54, 1.807) is 0 Å². The normalized spacial score (nSPS) is 11.2. The highest BCUT2D eigenvalue weighted by atomic mass is 79.9. The summed E-state index contributed by atoms with van der Waals surface area (Å²) in [5.74, 6) is -0.724. The number of hydrogen-bond donors (Lipinski definition) is 2. The van der Waals surface area contributed by atoms with E-state index in [2.05, 4.69) is 15.9 Å². The third-order valence-electron chi connectivity index (χ3n) is 1.93. The lowest BCUT2D eigenvalue weighted by atomic mass is 10.3. The van der Waals surface area contributed by atoms with Crippen LogP contribution in [0.3, 0.4) is 0 Å². The fraction of sp³-hybridized carbons (Fsp3) is 0.300. The molecule has 0 aliphatic rings. The van der Waals surface area contributed by atoms with Crippen LogP contribution in [0.4, 0.5) is 0 Å². The summed E-state index contributed by atoms with van der Waals surface area (Å²) in [4.78, 5) is 10.3. The number of aliphatic carboxylic acids is 1. The summed E-state index contributed by atoms with van der Waals surface area (Å²) in [5.41, 5.74) is 0. The van der Waals surface area contributed by atoms with E-state index < -0.39 is 22.5 Å². The van der Waals surface area contributed by atoms with Crippen LogP contribution in [0.5, 0.6) is 5.75 Å². The third kappa shape index (κ3) is 3.97. The topological polar surface area (TPSA) is 92.7 Å². The second-order valence-electron chi connectivity index (χ2n) is 3.24. The average molecular weight is 338 g/mol. The minimum atomic E-state index is -3.83. The quantitative estimate of drug-likeness (QED) is 0.813. The lowest BCUT2D eigenvalue weighted by Gasteiger charge is -2.08. The molecule has 2 N–H and O–H groups in total. The maximum Gasteiger partial charge on any atom is 0.318 e. The fourth-order valence-electron chi connectivity index (χ4n) is 1.16. The second kappa shape index (κ2) is 6.17. The molecule has 0 radical (unpaired) electrons. The Bertz CT molecular complexity index is 543. The van der Waals surface area contributed by atoms with E-state index >= 15 is 0 Å². The monoisotopic (exact) mass is 337 g/mol. The Morgan fingerprint density at radius 1 is 1.50 bits per heavy atom. The first-order chi connectivity index (χ1) is 8.36. The maximum absolute atomic E-state index is 11.7. The molecule has 0 aliphatic carbocycles. The molecule has 1 rings (SSSR count). The third-order valence-corrected chi connectivity index (χ3v) is 3.95. The van der Waals surface area contributed by atoms with Crippen LogP contribution < -0.4 is 9.46 Å². The average Bonchev–Trinajstić information content (AvgIpc) is 2.29. The van der Waals surface area contributed by atoms with E-state index in [1.807, 2.05) is 11.6 Å². The molecule has 18 heavy (non-hydrogen) atoms. The molecule has 0 heterocycles. The number of carbonyl (C=O) groups is 1. The molecule has 1 aromatic carbocycles. The lowest BCUT2D eigenvalue weighted by molar-refractivity contribution is -0.135. The van der Waals surface area contributed by atoms with E-state index in [4.69, 9.17) is 9.84 Å². The van der Waals surface area contributed by atoms with Crippen molar-refractivity contribution >= 4 is 31.9 Å². The predicted octanol–water partition coefficient (Wildman–Crippen LogP) is 1.21. The van der Waals surface area contributed by atoms with Gasteiger partial charge in [0.2, 0.25) is 10.0 Å². The van der Waals surface area contributed by atoms with Crippen molar-refractivity contribution in [1.82, 2.24) is 4.72 Å². The van der Waals surface area contributed by atoms with Gasteiger partial charge in [0.25, 0.3) is 0 Å². The van der Waals surface area contributed by atoms with Gasteiger partial charge < -0.3 is 9.84 Å². The Hall–Kier alpha value is -1.12. The van der Waals surface area contributed by atoms with Gasteiger partial charge in [0, 0.05) is 0 Å². The van der Waals surface area contributed by atoms with Crippen LogP contribution in [-0.2, 0) is 14.8 Å². The largest absolute Gasteiger partial charge is 0.493 e. The molecule has 0 amide bonds. The number of carboxylic acids is 1. The van der Waals surface area contributed by atoms with E-state index in [9.17, 15) is 13.2 Å². The standard InChI is InChI=1S/C10H12BrNO5S/c1-2-17-9-4-3-7(5-8(9)11)18(15,16)12-6-10(13)14/h3-5,12H,2,6H2,1H3,(H,13,14). The maximum atomic E-state index is 11.7. The van der Waals surface area contributed by atoms with Gasteiger partial charge in [-0.2, -0.15) is 4.72 Å². The number of carboxylic acid groups (broad SMARTS) is 1. The molecule has 0 bridgehead atoms. The van der Waals surface area contributed by atoms with Crippen LogP contribution in [0.15, 0.2) is 27.6 Å². The van der Waals surface area contributed by atoms with Crippen LogP contribution >= 0.6 is 15.9 Å². The number of sulfonamides is 1. The highest BCUT2D eigenvalue weighted by Gasteiger charge is 2.16. The van der Waals surface area contributed by atoms with Crippen molar-refractivity contribution < 1.29 is 23.1 Å². The van der Waals surface area contributed by atoms with Crippen molar-refractivity contribution in [2.24, 2.45) is 0 Å². The molecular formula is C10H12BrNO5S. The smallest absolute Gasteiger partial charge is 0.318 e. The molecule has 0 fully saturated rings. The SMILES string of the molecule is CCOc1ccc(S(=O)(=O)NCC(=O)O)cc1Br. The molecule has 8 heteroatoms. The van der Waals surface area contributed by atoms with Gasteiger partial charge in [-0.3, -0.25) is 4.79 Å². The number of hydrogen-bond acceptors (Lipinski definition) is 4. The molecule has 0 aliphatic heterocycles. The zero-order valence-electron chi connectivity index (χ0n) is 9.51. The Kier molecular flexibility index (Phi) is 5.12. The van der Waals surface area contributed by atoms with Gasteiger partial charge >= 0.3 is 5.97 Å². The highest BCUT2D eigenvalue weighted by molar-refractivity contribution is 9.10. The van der Waals surface area contributed by atoms with Crippen LogP contribution in [0.1, 0.15) is 6.92 Å². The van der Waals surface area contributed by atoms with Gasteiger partial charge in [-0.05, 0) is 41.1 Å². The molecule has 0 saturated heterocycles. The van der Waals surface area contributed by atoms with Gasteiger partial charge in [0.1, 0.15) is 12.3 Å². The van der Waals surface area contributed by atoms with E-state index in [1.165, 1.54) is 18.2 Å². The first-order valence-electron chi connectivity index (χ1n) is 5.00. The Morgan fingerprint density at radius 2 is 2.17 bits per heavy atom. The van der Waals surface area contributed by atoms with Gasteiger partial charge in [-0.15, -0.1) is 0 Å². The summed E-state index contributed by atoms with van der Waals surface area (Å²) in [6.45, 7) is 1.61. The van der Waals surface area contributed by atoms with Crippen molar-refractivity contribution in [2.75, 3.05) is 13.2 Å². The van der Waals surface area contributed by atoms with Crippen molar-refractivity contribution in [3.05, 3.63) is 22.7 Å². The summed E-state index contributed by atoms with van der Waals surface area (Å²) in [6, 6.07) is 4.21. The molecule has 6 nitrogen and oxygen atoms in total. The van der Waals surface area contributed by atoms with Crippen molar-refractivity contribution in [3.63, 3.8) is 0 Å². The Balaban J connectivity index is 2.96. The first kappa shape index (κ1) is 14.9. The van der Waals surface area contributed by atoms with Crippen molar-refractivity contribution in [3.8, 4) is 5.75 Å². The highest BCUT2D eigenvalue weighted by Crippen LogP contribution is 2.27. The molecule has 0 saturated carbocycles. The van der Waals surface area contributed by atoms with Gasteiger partial charge in [-0.1, -0.05) is 0 Å². The van der Waals surface area contributed by atoms with Crippen LogP contribution in [-0.4, -0.2) is 32.6 Å². The molecule has 0 unspecified atom stereocenters. The van der Waals surface area contributed by atoms with E-state index in [0.29, 0.717) is 16.8 Å². The van der Waals surface area contributed by atoms with Crippen LogP contribution in [0, 0.1) is 0 Å². The minimum Gasteiger partial charge on any atom is -0.493 e. The number of benzene rings is 1. The fourth-order valence-corrected chi connectivity index (χ4v) is 2.81. The van der Waals surface area contributed by atoms with E-state index in [0.717, 1.165) is 0 Å². The summed E-state index contributed by atoms with van der Waals surface area (Å²) in [6.07, 6.45) is 0. The number of halogens is 1. The van der Waals surface area contributed by atoms with Crippen LogP contribution in [0.2, 0.25) is 0 Å². The van der Waals surface area contributed by atoms with E-state index in [-0.39, 0.29) is 4.90 Å². The minimum absolute atomic E-state index is 0.0286. The molecular weight excluding hydrogens is 326 g/mol. The number of nitrogens with one attached hydrogen (secondary N) is 1. The second-order valence-corrected chi connectivity index (χ2v) is 5.86. The predicted molar refractivity (Wildman–Crippen MR) is 68.1 cm³/mol. The summed E-state index contributed by atoms with van der Waals surface area (Å²) < 4.78 is 31.1. The number of ether oxygens (including phenoxy) is 1.